The monoisotopic (exact) mass is 523 g/mol. The Labute approximate surface area is 210 Å². The fraction of sp³-hybridized carbons (Fsp3) is 0.261. The Hall–Kier alpha value is -3.31. The van der Waals surface area contributed by atoms with E-state index in [4.69, 9.17) is 28.6 Å². The first-order valence-electron chi connectivity index (χ1n) is 10.7. The molecule has 0 atom stereocenters. The van der Waals surface area contributed by atoms with Gasteiger partial charge in [-0.05, 0) is 55.4 Å². The van der Waals surface area contributed by atoms with E-state index in [0.717, 1.165) is 43.5 Å². The van der Waals surface area contributed by atoms with Crippen LogP contribution in [0.15, 0.2) is 61.1 Å². The molecule has 0 unspecified atom stereocenters. The number of rotatable bonds is 6. The van der Waals surface area contributed by atoms with Crippen LogP contribution in [-0.2, 0) is 0 Å². The quantitative estimate of drug-likeness (QED) is 0.394. The highest BCUT2D eigenvalue weighted by molar-refractivity contribution is 7.80. The first-order chi connectivity index (χ1) is 16.7. The molecule has 3 aromatic rings. The van der Waals surface area contributed by atoms with Gasteiger partial charge in [-0.2, -0.15) is 0 Å². The zero-order valence-electron chi connectivity index (χ0n) is 18.3. The predicted molar refractivity (Wildman–Crippen MR) is 131 cm³/mol. The van der Waals surface area contributed by atoms with Gasteiger partial charge in [0.1, 0.15) is 23.1 Å². The first-order valence-corrected chi connectivity index (χ1v) is 11.5. The lowest BCUT2D eigenvalue weighted by atomic mass is 10.1. The molecule has 12 heteroatoms. The van der Waals surface area contributed by atoms with Crippen molar-refractivity contribution in [2.24, 2.45) is 0 Å². The molecular formula is C23H21ClF3N5O2S. The number of hydrogen-bond acceptors (Lipinski definition) is 6. The van der Waals surface area contributed by atoms with E-state index in [1.807, 2.05) is 12.1 Å². The van der Waals surface area contributed by atoms with Crippen LogP contribution in [0.1, 0.15) is 12.8 Å². The molecule has 2 N–H and O–H groups in total. The zero-order valence-corrected chi connectivity index (χ0v) is 19.8. The molecule has 0 bridgehead atoms. The normalized spacial score (nSPS) is 14.3. The maximum atomic E-state index is 12.4. The molecule has 35 heavy (non-hydrogen) atoms. The third kappa shape index (κ3) is 7.33. The molecule has 1 aromatic carbocycles. The molecule has 184 valence electrons. The predicted octanol–water partition coefficient (Wildman–Crippen LogP) is 5.78. The van der Waals surface area contributed by atoms with E-state index in [2.05, 4.69) is 30.2 Å². The van der Waals surface area contributed by atoms with Gasteiger partial charge >= 0.3 is 6.36 Å². The minimum Gasteiger partial charge on any atom is -0.457 e. The Kier molecular flexibility index (Phi) is 7.76. The number of thiocarbonyl (C=S) groups is 1. The number of pyridine rings is 2. The summed E-state index contributed by atoms with van der Waals surface area (Å²) in [4.78, 5) is 10.6. The number of ether oxygens (including phenoxy) is 2. The topological polar surface area (TPSA) is 71.5 Å². The second-order valence-electron chi connectivity index (χ2n) is 7.69. The van der Waals surface area contributed by atoms with E-state index in [0.29, 0.717) is 10.9 Å². The van der Waals surface area contributed by atoms with Gasteiger partial charge in [0.05, 0.1) is 16.9 Å². The Morgan fingerprint density at radius 1 is 1.09 bits per heavy atom. The van der Waals surface area contributed by atoms with E-state index in [-0.39, 0.29) is 16.8 Å². The van der Waals surface area contributed by atoms with Crippen LogP contribution in [-0.4, -0.2) is 40.6 Å². The van der Waals surface area contributed by atoms with Crippen LogP contribution in [0.2, 0.25) is 5.02 Å². The molecule has 7 nitrogen and oxygen atoms in total. The van der Waals surface area contributed by atoms with Gasteiger partial charge in [0.15, 0.2) is 5.11 Å². The van der Waals surface area contributed by atoms with Crippen molar-refractivity contribution >= 4 is 40.4 Å². The van der Waals surface area contributed by atoms with Crippen LogP contribution in [0.4, 0.5) is 24.7 Å². The number of anilines is 2. The van der Waals surface area contributed by atoms with E-state index < -0.39 is 12.1 Å². The number of halogens is 4. The van der Waals surface area contributed by atoms with Crippen molar-refractivity contribution in [1.29, 1.82) is 0 Å². The van der Waals surface area contributed by atoms with E-state index in [1.165, 1.54) is 12.1 Å². The van der Waals surface area contributed by atoms with Crippen molar-refractivity contribution < 1.29 is 22.6 Å². The number of alkyl halides is 3. The van der Waals surface area contributed by atoms with E-state index in [9.17, 15) is 13.2 Å². The summed E-state index contributed by atoms with van der Waals surface area (Å²) in [7, 11) is 0. The first kappa shape index (κ1) is 24.8. The Balaban J connectivity index is 1.31. The third-order valence-electron chi connectivity index (χ3n) is 5.16. The van der Waals surface area contributed by atoms with Gasteiger partial charge in [0, 0.05) is 43.7 Å². The summed E-state index contributed by atoms with van der Waals surface area (Å²) in [5, 5.41) is 6.80. The van der Waals surface area contributed by atoms with E-state index in [1.54, 1.807) is 30.7 Å². The van der Waals surface area contributed by atoms with Crippen LogP contribution in [0.25, 0.3) is 0 Å². The summed E-state index contributed by atoms with van der Waals surface area (Å²) in [6, 6.07) is 11.1. The maximum Gasteiger partial charge on any atom is 0.573 e. The third-order valence-corrected chi connectivity index (χ3v) is 5.67. The standard InChI is InChI=1S/C23H21ClF3N5O2S/c24-19-12-17(3-4-20(19)34-23(25,26)27)33-18-5-9-29-21(13-18)32-10-6-15(7-11-32)30-22(35)31-16-2-1-8-28-14-16/h1-5,8-9,12-15H,6-7,10-11H2,(H2,30,31,35). The smallest absolute Gasteiger partial charge is 0.457 e. The molecule has 1 fully saturated rings. The van der Waals surface area contributed by atoms with Gasteiger partial charge in [0.25, 0.3) is 0 Å². The van der Waals surface area contributed by atoms with Crippen molar-refractivity contribution in [2.75, 3.05) is 23.3 Å². The molecule has 4 rings (SSSR count). The number of piperidine rings is 1. The van der Waals surface area contributed by atoms with Crippen LogP contribution in [0.3, 0.4) is 0 Å². The summed E-state index contributed by atoms with van der Waals surface area (Å²) in [5.74, 6) is 1.01. The highest BCUT2D eigenvalue weighted by Crippen LogP contribution is 2.35. The molecule has 3 heterocycles. The number of benzene rings is 1. The molecule has 1 aliphatic rings. The number of nitrogens with zero attached hydrogens (tertiary/aromatic N) is 3. The highest BCUT2D eigenvalue weighted by Gasteiger charge is 2.32. The molecule has 1 saturated heterocycles. The Morgan fingerprint density at radius 2 is 1.86 bits per heavy atom. The van der Waals surface area contributed by atoms with Gasteiger partial charge in [-0.1, -0.05) is 11.6 Å². The lowest BCUT2D eigenvalue weighted by molar-refractivity contribution is -0.274. The molecule has 0 spiro atoms. The minimum absolute atomic E-state index is 0.209. The molecule has 0 aliphatic carbocycles. The van der Waals surface area contributed by atoms with Gasteiger partial charge in [-0.3, -0.25) is 4.98 Å². The maximum absolute atomic E-state index is 12.4. The molecule has 2 aromatic heterocycles. The van der Waals surface area contributed by atoms with Crippen LogP contribution >= 0.6 is 23.8 Å². The van der Waals surface area contributed by atoms with Crippen molar-refractivity contribution in [2.45, 2.75) is 25.2 Å². The largest absolute Gasteiger partial charge is 0.573 e. The van der Waals surface area contributed by atoms with Crippen molar-refractivity contribution in [3.05, 3.63) is 66.1 Å². The number of hydrogen-bond donors (Lipinski definition) is 2. The SMILES string of the molecule is FC(F)(F)Oc1ccc(Oc2ccnc(N3CCC(NC(=S)Nc4cccnc4)CC3)c2)cc1Cl. The summed E-state index contributed by atoms with van der Waals surface area (Å²) >= 11 is 11.3. The lowest BCUT2D eigenvalue weighted by Gasteiger charge is -2.33. The average molecular weight is 524 g/mol. The van der Waals surface area contributed by atoms with Gasteiger partial charge in [-0.25, -0.2) is 4.98 Å². The Bertz CT molecular complexity index is 1160. The minimum atomic E-state index is -4.82. The molecular weight excluding hydrogens is 503 g/mol. The average Bonchev–Trinajstić information content (AvgIpc) is 2.81. The van der Waals surface area contributed by atoms with Crippen molar-refractivity contribution in [3.8, 4) is 17.2 Å². The van der Waals surface area contributed by atoms with Gasteiger partial charge < -0.3 is 25.0 Å². The van der Waals surface area contributed by atoms with Gasteiger partial charge in [-0.15, -0.1) is 13.2 Å². The molecule has 0 radical (unpaired) electrons. The fourth-order valence-corrected chi connectivity index (χ4v) is 4.06. The summed E-state index contributed by atoms with van der Waals surface area (Å²) < 4.78 is 46.9. The molecule has 0 amide bonds. The van der Waals surface area contributed by atoms with Gasteiger partial charge in [0.2, 0.25) is 0 Å². The van der Waals surface area contributed by atoms with Crippen LogP contribution < -0.4 is 25.0 Å². The highest BCUT2D eigenvalue weighted by atomic mass is 35.5. The van der Waals surface area contributed by atoms with Crippen LogP contribution in [0, 0.1) is 0 Å². The van der Waals surface area contributed by atoms with Crippen molar-refractivity contribution in [1.82, 2.24) is 15.3 Å². The summed E-state index contributed by atoms with van der Waals surface area (Å²) in [6.45, 7) is 1.53. The van der Waals surface area contributed by atoms with Crippen LogP contribution in [0.5, 0.6) is 17.2 Å². The van der Waals surface area contributed by atoms with Crippen molar-refractivity contribution in [3.63, 3.8) is 0 Å². The molecule has 1 aliphatic heterocycles. The van der Waals surface area contributed by atoms with E-state index >= 15 is 0 Å². The fourth-order valence-electron chi connectivity index (χ4n) is 3.57. The zero-order chi connectivity index (χ0) is 24.8. The second-order valence-corrected chi connectivity index (χ2v) is 8.51. The molecule has 0 saturated carbocycles. The number of aromatic nitrogens is 2. The Morgan fingerprint density at radius 3 is 2.54 bits per heavy atom. The second kappa shape index (κ2) is 11.0. The number of nitrogens with one attached hydrogen (secondary N) is 2. The summed E-state index contributed by atoms with van der Waals surface area (Å²) in [5.41, 5.74) is 0.826. The summed E-state index contributed by atoms with van der Waals surface area (Å²) in [6.07, 6.45) is 1.91. The lowest BCUT2D eigenvalue weighted by Crippen LogP contribution is -2.46.